The average Bonchev–Trinajstić information content (AvgIpc) is 2.70. The number of nitrogens with two attached hydrogens (primary N) is 1. The number of hydrogen-bond acceptors (Lipinski definition) is 5. The number of benzene rings is 1. The van der Waals surface area contributed by atoms with Gasteiger partial charge in [0.2, 0.25) is 5.91 Å². The lowest BCUT2D eigenvalue weighted by atomic mass is 9.99. The second kappa shape index (κ2) is 5.58. The summed E-state index contributed by atoms with van der Waals surface area (Å²) in [4.78, 5) is 13.4. The molecule has 2 unspecified atom stereocenters. The number of amides is 1. The summed E-state index contributed by atoms with van der Waals surface area (Å²) in [6.45, 7) is 0. The predicted molar refractivity (Wildman–Crippen MR) is 74.2 cm³/mol. The number of methoxy groups -OCH3 is 3. The minimum atomic E-state index is -0.264. The van der Waals surface area contributed by atoms with Crippen LogP contribution in [0.3, 0.4) is 0 Å². The van der Waals surface area contributed by atoms with Crippen molar-refractivity contribution < 1.29 is 19.0 Å². The minimum absolute atomic E-state index is 0.0272. The van der Waals surface area contributed by atoms with Gasteiger partial charge in [-0.15, -0.1) is 0 Å². The molecule has 0 spiro atoms. The largest absolute Gasteiger partial charge is 0.496 e. The molecule has 1 aromatic rings. The number of likely N-dealkylation sites (tertiary alicyclic amines) is 1. The van der Waals surface area contributed by atoms with Crippen LogP contribution in [0, 0.1) is 0 Å². The molecule has 2 rings (SSSR count). The van der Waals surface area contributed by atoms with Crippen LogP contribution < -0.4 is 19.9 Å². The van der Waals surface area contributed by atoms with E-state index in [0.29, 0.717) is 23.7 Å². The molecule has 1 aliphatic rings. The highest BCUT2D eigenvalue weighted by Crippen LogP contribution is 2.42. The highest BCUT2D eigenvalue weighted by atomic mass is 16.5. The summed E-state index contributed by atoms with van der Waals surface area (Å²) in [5.74, 6) is 1.82. The molecule has 0 bridgehead atoms. The third-order valence-electron chi connectivity index (χ3n) is 3.68. The Kier molecular flexibility index (Phi) is 4.04. The van der Waals surface area contributed by atoms with E-state index in [2.05, 4.69) is 0 Å². The van der Waals surface area contributed by atoms with Crippen molar-refractivity contribution in [2.24, 2.45) is 5.73 Å². The lowest BCUT2D eigenvalue weighted by Gasteiger charge is -2.26. The standard InChI is InChI=1S/C14H20N2O4/c1-16-13(17)6-9(15)14(16)8-5-11(19-3)12(20-4)7-10(8)18-2/h5,7,9,14H,6,15H2,1-4H3. The van der Waals surface area contributed by atoms with Gasteiger partial charge in [0.05, 0.1) is 27.4 Å². The first-order valence-electron chi connectivity index (χ1n) is 6.34. The smallest absolute Gasteiger partial charge is 0.224 e. The topological polar surface area (TPSA) is 74.0 Å². The highest BCUT2D eigenvalue weighted by molar-refractivity contribution is 5.80. The number of carbonyl (C=O) groups excluding carboxylic acids is 1. The second-order valence-electron chi connectivity index (χ2n) is 4.77. The Balaban J connectivity index is 2.52. The third-order valence-corrected chi connectivity index (χ3v) is 3.68. The SMILES string of the molecule is COc1cc(OC)c(C2C(N)CC(=O)N2C)cc1OC. The molecule has 20 heavy (non-hydrogen) atoms. The Morgan fingerprint density at radius 2 is 1.65 bits per heavy atom. The maximum atomic E-state index is 11.8. The van der Waals surface area contributed by atoms with Crippen LogP contribution in [-0.2, 0) is 4.79 Å². The number of carbonyl (C=O) groups is 1. The Labute approximate surface area is 118 Å². The normalized spacial score (nSPS) is 22.1. The van der Waals surface area contributed by atoms with Crippen LogP contribution >= 0.6 is 0 Å². The zero-order valence-corrected chi connectivity index (χ0v) is 12.2. The van der Waals surface area contributed by atoms with Crippen molar-refractivity contribution in [3.05, 3.63) is 17.7 Å². The van der Waals surface area contributed by atoms with Gasteiger partial charge in [0.1, 0.15) is 5.75 Å². The maximum absolute atomic E-state index is 11.8. The lowest BCUT2D eigenvalue weighted by Crippen LogP contribution is -2.30. The van der Waals surface area contributed by atoms with Crippen molar-refractivity contribution in [1.29, 1.82) is 0 Å². The first-order valence-corrected chi connectivity index (χ1v) is 6.34. The molecule has 0 aliphatic carbocycles. The second-order valence-corrected chi connectivity index (χ2v) is 4.77. The van der Waals surface area contributed by atoms with Gasteiger partial charge in [-0.2, -0.15) is 0 Å². The van der Waals surface area contributed by atoms with Crippen LogP contribution in [0.5, 0.6) is 17.2 Å². The highest BCUT2D eigenvalue weighted by Gasteiger charge is 2.38. The van der Waals surface area contributed by atoms with E-state index in [1.165, 1.54) is 0 Å². The molecule has 1 fully saturated rings. The molecule has 6 nitrogen and oxygen atoms in total. The molecular weight excluding hydrogens is 260 g/mol. The summed E-state index contributed by atoms with van der Waals surface area (Å²) in [5.41, 5.74) is 6.91. The van der Waals surface area contributed by atoms with Gasteiger partial charge >= 0.3 is 0 Å². The zero-order chi connectivity index (χ0) is 14.9. The van der Waals surface area contributed by atoms with E-state index >= 15 is 0 Å². The summed E-state index contributed by atoms with van der Waals surface area (Å²) < 4.78 is 16.0. The van der Waals surface area contributed by atoms with Crippen molar-refractivity contribution in [1.82, 2.24) is 4.90 Å². The lowest BCUT2D eigenvalue weighted by molar-refractivity contribution is -0.127. The number of rotatable bonds is 4. The quantitative estimate of drug-likeness (QED) is 0.888. The maximum Gasteiger partial charge on any atom is 0.224 e. The van der Waals surface area contributed by atoms with E-state index in [9.17, 15) is 4.79 Å². The summed E-state index contributed by atoms with van der Waals surface area (Å²) >= 11 is 0. The summed E-state index contributed by atoms with van der Waals surface area (Å²) in [5, 5.41) is 0. The Hall–Kier alpha value is -1.95. The average molecular weight is 280 g/mol. The molecule has 1 saturated heterocycles. The van der Waals surface area contributed by atoms with E-state index in [-0.39, 0.29) is 18.0 Å². The van der Waals surface area contributed by atoms with Crippen LogP contribution in [0.15, 0.2) is 12.1 Å². The molecule has 1 heterocycles. The van der Waals surface area contributed by atoms with Gasteiger partial charge in [-0.25, -0.2) is 0 Å². The summed E-state index contributed by atoms with van der Waals surface area (Å²) in [6, 6.07) is 3.08. The predicted octanol–water partition coefficient (Wildman–Crippen LogP) is 0.943. The van der Waals surface area contributed by atoms with E-state index in [1.807, 2.05) is 6.07 Å². The molecule has 1 aliphatic heterocycles. The van der Waals surface area contributed by atoms with Crippen molar-refractivity contribution >= 4 is 5.91 Å². The van der Waals surface area contributed by atoms with Crippen LogP contribution in [0.4, 0.5) is 0 Å². The Morgan fingerprint density at radius 1 is 1.10 bits per heavy atom. The van der Waals surface area contributed by atoms with E-state index in [1.54, 1.807) is 39.3 Å². The van der Waals surface area contributed by atoms with Gasteiger partial charge in [0, 0.05) is 31.1 Å². The summed E-state index contributed by atoms with van der Waals surface area (Å²) in [7, 11) is 6.45. The molecule has 1 amide bonds. The molecule has 110 valence electrons. The Morgan fingerprint density at radius 3 is 2.10 bits per heavy atom. The van der Waals surface area contributed by atoms with E-state index in [4.69, 9.17) is 19.9 Å². The van der Waals surface area contributed by atoms with Gasteiger partial charge in [0.25, 0.3) is 0 Å². The molecule has 0 saturated carbocycles. The molecular formula is C14H20N2O4. The van der Waals surface area contributed by atoms with Gasteiger partial charge in [-0.3, -0.25) is 4.79 Å². The van der Waals surface area contributed by atoms with Crippen molar-refractivity contribution in [3.8, 4) is 17.2 Å². The number of hydrogen-bond donors (Lipinski definition) is 1. The van der Waals surface area contributed by atoms with Gasteiger partial charge in [-0.05, 0) is 6.07 Å². The molecule has 1 aromatic carbocycles. The first-order chi connectivity index (χ1) is 9.53. The van der Waals surface area contributed by atoms with Crippen molar-refractivity contribution in [3.63, 3.8) is 0 Å². The number of nitrogens with zero attached hydrogens (tertiary/aromatic N) is 1. The van der Waals surface area contributed by atoms with Gasteiger partial charge in [0.15, 0.2) is 11.5 Å². The molecule has 2 atom stereocenters. The first kappa shape index (κ1) is 14.5. The minimum Gasteiger partial charge on any atom is -0.496 e. The van der Waals surface area contributed by atoms with Crippen molar-refractivity contribution in [2.75, 3.05) is 28.4 Å². The van der Waals surface area contributed by atoms with Gasteiger partial charge < -0.3 is 24.8 Å². The fourth-order valence-corrected chi connectivity index (χ4v) is 2.62. The monoisotopic (exact) mass is 280 g/mol. The molecule has 0 radical (unpaired) electrons. The van der Waals surface area contributed by atoms with Crippen LogP contribution in [0.25, 0.3) is 0 Å². The molecule has 6 heteroatoms. The number of likely N-dealkylation sites (N-methyl/N-ethyl adjacent to an activating group) is 1. The Bertz CT molecular complexity index is 518. The molecule has 0 aromatic heterocycles. The van der Waals surface area contributed by atoms with Crippen molar-refractivity contribution in [2.45, 2.75) is 18.5 Å². The zero-order valence-electron chi connectivity index (χ0n) is 12.2. The van der Waals surface area contributed by atoms with Crippen LogP contribution in [-0.4, -0.2) is 45.2 Å². The van der Waals surface area contributed by atoms with E-state index < -0.39 is 0 Å². The summed E-state index contributed by atoms with van der Waals surface area (Å²) in [6.07, 6.45) is 0.332. The fourth-order valence-electron chi connectivity index (χ4n) is 2.62. The number of ether oxygens (including phenoxy) is 3. The fraction of sp³-hybridized carbons (Fsp3) is 0.500. The van der Waals surface area contributed by atoms with E-state index in [0.717, 1.165) is 5.56 Å². The van der Waals surface area contributed by atoms with Gasteiger partial charge in [-0.1, -0.05) is 0 Å². The van der Waals surface area contributed by atoms with Crippen LogP contribution in [0.2, 0.25) is 0 Å². The third kappa shape index (κ3) is 2.27. The molecule has 2 N–H and O–H groups in total. The van der Waals surface area contributed by atoms with Crippen LogP contribution in [0.1, 0.15) is 18.0 Å².